The Bertz CT molecular complexity index is 1250. The van der Waals surface area contributed by atoms with Crippen molar-refractivity contribution in [2.45, 2.75) is 13.5 Å². The van der Waals surface area contributed by atoms with Crippen molar-refractivity contribution in [3.63, 3.8) is 0 Å². The summed E-state index contributed by atoms with van der Waals surface area (Å²) in [5.41, 5.74) is 3.22. The molecule has 0 radical (unpaired) electrons. The van der Waals surface area contributed by atoms with Crippen molar-refractivity contribution in [3.8, 4) is 11.3 Å². The molecule has 0 unspecified atom stereocenters. The smallest absolute Gasteiger partial charge is 0.411 e. The van der Waals surface area contributed by atoms with Gasteiger partial charge in [-0.1, -0.05) is 24.3 Å². The third-order valence-corrected chi connectivity index (χ3v) is 5.87. The number of ether oxygens (including phenoxy) is 1. The predicted molar refractivity (Wildman–Crippen MR) is 134 cm³/mol. The Morgan fingerprint density at radius 3 is 2.46 bits per heavy atom. The molecule has 182 valence electrons. The molecule has 4 rings (SSSR count). The second kappa shape index (κ2) is 11.0. The fourth-order valence-electron chi connectivity index (χ4n) is 3.90. The lowest BCUT2D eigenvalue weighted by Crippen LogP contribution is -2.47. The Balaban J connectivity index is 1.48. The topological polar surface area (TPSA) is 96.8 Å². The molecule has 1 aliphatic heterocycles. The van der Waals surface area contributed by atoms with Gasteiger partial charge in [0.15, 0.2) is 0 Å². The second-order valence-electron chi connectivity index (χ2n) is 8.43. The van der Waals surface area contributed by atoms with E-state index in [9.17, 15) is 14.4 Å². The van der Waals surface area contributed by atoms with E-state index in [4.69, 9.17) is 4.74 Å². The van der Waals surface area contributed by atoms with E-state index in [2.05, 4.69) is 22.4 Å². The third-order valence-electron chi connectivity index (χ3n) is 5.87. The number of likely N-dealkylation sites (N-methyl/N-ethyl adjacent to an activating group) is 1. The highest BCUT2D eigenvalue weighted by atomic mass is 16.5. The minimum Gasteiger partial charge on any atom is -0.450 e. The van der Waals surface area contributed by atoms with Gasteiger partial charge in [0, 0.05) is 49.1 Å². The predicted octanol–water partition coefficient (Wildman–Crippen LogP) is 2.91. The number of nitrogens with zero attached hydrogens (tertiary/aromatic N) is 4. The van der Waals surface area contributed by atoms with E-state index < -0.39 is 6.09 Å². The molecular formula is C26H29N5O4. The first-order valence-corrected chi connectivity index (χ1v) is 11.6. The molecule has 0 aliphatic carbocycles. The Morgan fingerprint density at radius 2 is 1.74 bits per heavy atom. The van der Waals surface area contributed by atoms with Crippen LogP contribution in [0.5, 0.6) is 0 Å². The van der Waals surface area contributed by atoms with Crippen LogP contribution in [0.2, 0.25) is 0 Å². The van der Waals surface area contributed by atoms with Crippen molar-refractivity contribution in [1.82, 2.24) is 19.6 Å². The van der Waals surface area contributed by atoms with Gasteiger partial charge in [0.2, 0.25) is 0 Å². The number of piperazine rings is 1. The standard InChI is InChI=1S/C26H29N5O4/c1-3-35-26(34)27-22-6-4-5-19(17-22)18-31-24(32)12-11-23(28-31)20-7-9-21(10-8-20)25(33)30-15-13-29(2)14-16-30/h4-12,17H,3,13-16,18H2,1-2H3,(H,27,34). The summed E-state index contributed by atoms with van der Waals surface area (Å²) < 4.78 is 6.28. The number of hydrogen-bond acceptors (Lipinski definition) is 6. The third kappa shape index (κ3) is 6.13. The minimum atomic E-state index is -0.531. The molecule has 1 fully saturated rings. The van der Waals surface area contributed by atoms with Gasteiger partial charge in [-0.05, 0) is 49.9 Å². The van der Waals surface area contributed by atoms with E-state index >= 15 is 0 Å². The SMILES string of the molecule is CCOC(=O)Nc1cccc(Cn2nc(-c3ccc(C(=O)N4CCN(C)CC4)cc3)ccc2=O)c1. The number of aromatic nitrogens is 2. The molecule has 1 aromatic heterocycles. The molecule has 9 heteroatoms. The average Bonchev–Trinajstić information content (AvgIpc) is 2.86. The number of nitrogens with one attached hydrogen (secondary N) is 1. The summed E-state index contributed by atoms with van der Waals surface area (Å²) in [6, 6.07) is 17.6. The molecule has 0 atom stereocenters. The number of amides is 2. The van der Waals surface area contributed by atoms with Crippen LogP contribution in [0.25, 0.3) is 11.3 Å². The van der Waals surface area contributed by atoms with E-state index in [-0.39, 0.29) is 24.6 Å². The largest absolute Gasteiger partial charge is 0.450 e. The fraction of sp³-hybridized carbons (Fsp3) is 0.308. The highest BCUT2D eigenvalue weighted by molar-refractivity contribution is 5.94. The second-order valence-corrected chi connectivity index (χ2v) is 8.43. The summed E-state index contributed by atoms with van der Waals surface area (Å²) in [6.07, 6.45) is -0.531. The highest BCUT2D eigenvalue weighted by Crippen LogP contribution is 2.18. The van der Waals surface area contributed by atoms with Crippen molar-refractivity contribution < 1.29 is 14.3 Å². The van der Waals surface area contributed by atoms with Gasteiger partial charge in [-0.3, -0.25) is 14.9 Å². The van der Waals surface area contributed by atoms with Crippen LogP contribution in [-0.2, 0) is 11.3 Å². The van der Waals surface area contributed by atoms with Gasteiger partial charge >= 0.3 is 6.09 Å². The van der Waals surface area contributed by atoms with Gasteiger partial charge in [-0.15, -0.1) is 0 Å². The van der Waals surface area contributed by atoms with Gasteiger partial charge in [-0.25, -0.2) is 9.48 Å². The number of carbonyl (C=O) groups excluding carboxylic acids is 2. The normalized spacial score (nSPS) is 13.9. The summed E-state index contributed by atoms with van der Waals surface area (Å²) >= 11 is 0. The summed E-state index contributed by atoms with van der Waals surface area (Å²) in [5.74, 6) is 0.0267. The molecule has 1 N–H and O–H groups in total. The zero-order valence-corrected chi connectivity index (χ0v) is 19.9. The minimum absolute atomic E-state index is 0.0267. The molecule has 35 heavy (non-hydrogen) atoms. The fourth-order valence-corrected chi connectivity index (χ4v) is 3.90. The molecule has 0 bridgehead atoms. The molecule has 2 heterocycles. The van der Waals surface area contributed by atoms with Crippen molar-refractivity contribution in [1.29, 1.82) is 0 Å². The van der Waals surface area contributed by atoms with Gasteiger partial charge in [0.1, 0.15) is 0 Å². The van der Waals surface area contributed by atoms with E-state index in [0.29, 0.717) is 16.9 Å². The van der Waals surface area contributed by atoms with E-state index in [1.807, 2.05) is 23.1 Å². The first kappa shape index (κ1) is 24.2. The van der Waals surface area contributed by atoms with Crippen LogP contribution in [-0.4, -0.2) is 71.4 Å². The quantitative estimate of drug-likeness (QED) is 0.589. The van der Waals surface area contributed by atoms with Crippen LogP contribution in [0.4, 0.5) is 10.5 Å². The zero-order valence-electron chi connectivity index (χ0n) is 19.9. The summed E-state index contributed by atoms with van der Waals surface area (Å²) in [4.78, 5) is 41.0. The van der Waals surface area contributed by atoms with Gasteiger partial charge in [-0.2, -0.15) is 5.10 Å². The van der Waals surface area contributed by atoms with E-state index in [1.165, 1.54) is 10.7 Å². The Morgan fingerprint density at radius 1 is 1.00 bits per heavy atom. The molecule has 0 saturated carbocycles. The van der Waals surface area contributed by atoms with Crippen LogP contribution in [0, 0.1) is 0 Å². The van der Waals surface area contributed by atoms with Crippen molar-refractivity contribution in [2.24, 2.45) is 0 Å². The molecule has 1 aliphatic rings. The first-order valence-electron chi connectivity index (χ1n) is 11.6. The molecule has 3 aromatic rings. The molecule has 1 saturated heterocycles. The maximum absolute atomic E-state index is 12.8. The lowest BCUT2D eigenvalue weighted by molar-refractivity contribution is 0.0664. The molecular weight excluding hydrogens is 446 g/mol. The van der Waals surface area contributed by atoms with Crippen LogP contribution < -0.4 is 10.9 Å². The summed E-state index contributed by atoms with van der Waals surface area (Å²) in [6.45, 7) is 5.45. The number of rotatable bonds is 6. The van der Waals surface area contributed by atoms with Crippen molar-refractivity contribution in [2.75, 3.05) is 45.2 Å². The number of benzene rings is 2. The maximum Gasteiger partial charge on any atom is 0.411 e. The number of hydrogen-bond donors (Lipinski definition) is 1. The van der Waals surface area contributed by atoms with Crippen LogP contribution >= 0.6 is 0 Å². The number of anilines is 1. The molecule has 2 aromatic carbocycles. The first-order chi connectivity index (χ1) is 16.9. The van der Waals surface area contributed by atoms with Crippen LogP contribution in [0.15, 0.2) is 65.5 Å². The van der Waals surface area contributed by atoms with Crippen LogP contribution in [0.1, 0.15) is 22.8 Å². The maximum atomic E-state index is 12.8. The van der Waals surface area contributed by atoms with Gasteiger partial charge in [0.25, 0.3) is 11.5 Å². The average molecular weight is 476 g/mol. The molecule has 9 nitrogen and oxygen atoms in total. The van der Waals surface area contributed by atoms with Crippen molar-refractivity contribution >= 4 is 17.7 Å². The van der Waals surface area contributed by atoms with Crippen molar-refractivity contribution in [3.05, 3.63) is 82.1 Å². The van der Waals surface area contributed by atoms with Gasteiger partial charge < -0.3 is 14.5 Å². The number of carbonyl (C=O) groups is 2. The summed E-state index contributed by atoms with van der Waals surface area (Å²) in [5, 5.41) is 7.18. The van der Waals surface area contributed by atoms with Crippen LogP contribution in [0.3, 0.4) is 0 Å². The molecule has 2 amide bonds. The Kier molecular flexibility index (Phi) is 7.57. The molecule has 0 spiro atoms. The zero-order chi connectivity index (χ0) is 24.8. The monoisotopic (exact) mass is 475 g/mol. The summed E-state index contributed by atoms with van der Waals surface area (Å²) in [7, 11) is 2.06. The lowest BCUT2D eigenvalue weighted by Gasteiger charge is -2.32. The van der Waals surface area contributed by atoms with E-state index in [0.717, 1.165) is 37.3 Å². The highest BCUT2D eigenvalue weighted by Gasteiger charge is 2.20. The van der Waals surface area contributed by atoms with Gasteiger partial charge in [0.05, 0.1) is 18.8 Å². The lowest BCUT2D eigenvalue weighted by atomic mass is 10.1. The van der Waals surface area contributed by atoms with E-state index in [1.54, 1.807) is 43.3 Å². The Labute approximate surface area is 203 Å². The Hall–Kier alpha value is -3.98.